The predicted octanol–water partition coefficient (Wildman–Crippen LogP) is 3.64. The van der Waals surface area contributed by atoms with Crippen LogP contribution in [0.5, 0.6) is 0 Å². The fraction of sp³-hybridized carbons (Fsp3) is 0.533. The predicted molar refractivity (Wildman–Crippen MR) is 79.9 cm³/mol. The molecule has 1 aromatic carbocycles. The molecule has 1 aliphatic rings. The molecule has 0 aromatic heterocycles. The van der Waals surface area contributed by atoms with Crippen LogP contribution in [0.2, 0.25) is 5.02 Å². The van der Waals surface area contributed by atoms with Crippen molar-refractivity contribution in [2.24, 2.45) is 5.92 Å². The SMILES string of the molecule is CCC(Nc1ccc(Cl)c(C(=O)N(C)C)c1)C1CC1. The highest BCUT2D eigenvalue weighted by Crippen LogP contribution is 2.36. The van der Waals surface area contributed by atoms with Gasteiger partial charge in [-0.15, -0.1) is 0 Å². The molecule has 1 saturated carbocycles. The van der Waals surface area contributed by atoms with E-state index in [2.05, 4.69) is 12.2 Å². The lowest BCUT2D eigenvalue weighted by Gasteiger charge is -2.19. The summed E-state index contributed by atoms with van der Waals surface area (Å²) in [5, 5.41) is 4.03. The topological polar surface area (TPSA) is 32.3 Å². The first-order chi connectivity index (χ1) is 9.02. The van der Waals surface area contributed by atoms with E-state index in [4.69, 9.17) is 11.6 Å². The number of anilines is 1. The fourth-order valence-corrected chi connectivity index (χ4v) is 2.48. The molecular weight excluding hydrogens is 260 g/mol. The Balaban J connectivity index is 2.17. The number of carbonyl (C=O) groups is 1. The first-order valence-corrected chi connectivity index (χ1v) is 7.18. The average Bonchev–Trinajstić information content (AvgIpc) is 3.21. The van der Waals surface area contributed by atoms with Gasteiger partial charge in [0.2, 0.25) is 0 Å². The molecule has 0 bridgehead atoms. The van der Waals surface area contributed by atoms with Crippen LogP contribution >= 0.6 is 11.6 Å². The van der Waals surface area contributed by atoms with E-state index in [1.165, 1.54) is 12.8 Å². The normalized spacial score (nSPS) is 16.0. The Labute approximate surface area is 119 Å². The van der Waals surface area contributed by atoms with Crippen LogP contribution in [0.3, 0.4) is 0 Å². The number of hydrogen-bond acceptors (Lipinski definition) is 2. The summed E-state index contributed by atoms with van der Waals surface area (Å²) in [6.45, 7) is 2.19. The molecule has 1 amide bonds. The lowest BCUT2D eigenvalue weighted by atomic mass is 10.1. The van der Waals surface area contributed by atoms with Crippen molar-refractivity contribution in [3.8, 4) is 0 Å². The first kappa shape index (κ1) is 14.2. The number of hydrogen-bond donors (Lipinski definition) is 1. The van der Waals surface area contributed by atoms with Crippen LogP contribution in [-0.2, 0) is 0 Å². The van der Waals surface area contributed by atoms with Gasteiger partial charge in [-0.05, 0) is 43.4 Å². The summed E-state index contributed by atoms with van der Waals surface area (Å²) in [5.74, 6) is 0.724. The van der Waals surface area contributed by atoms with Gasteiger partial charge in [0.15, 0.2) is 0 Å². The zero-order valence-corrected chi connectivity index (χ0v) is 12.5. The van der Waals surface area contributed by atoms with Gasteiger partial charge in [0.25, 0.3) is 5.91 Å². The molecule has 0 saturated heterocycles. The second-order valence-electron chi connectivity index (χ2n) is 5.39. The molecule has 0 radical (unpaired) electrons. The van der Waals surface area contributed by atoms with Gasteiger partial charge in [0.1, 0.15) is 0 Å². The standard InChI is InChI=1S/C15H21ClN2O/c1-4-14(10-5-6-10)17-11-7-8-13(16)12(9-11)15(19)18(2)3/h7-10,14,17H,4-6H2,1-3H3. The molecule has 1 fully saturated rings. The molecular formula is C15H21ClN2O. The Kier molecular flexibility index (Phi) is 4.35. The fourth-order valence-electron chi connectivity index (χ4n) is 2.29. The summed E-state index contributed by atoms with van der Waals surface area (Å²) in [4.78, 5) is 13.6. The summed E-state index contributed by atoms with van der Waals surface area (Å²) in [6.07, 6.45) is 3.72. The minimum absolute atomic E-state index is 0.0619. The number of halogens is 1. The van der Waals surface area contributed by atoms with Crippen molar-refractivity contribution in [1.82, 2.24) is 4.90 Å². The van der Waals surface area contributed by atoms with Crippen molar-refractivity contribution in [1.29, 1.82) is 0 Å². The number of rotatable bonds is 5. The van der Waals surface area contributed by atoms with Crippen molar-refractivity contribution in [2.75, 3.05) is 19.4 Å². The molecule has 0 heterocycles. The minimum Gasteiger partial charge on any atom is -0.382 e. The number of amides is 1. The van der Waals surface area contributed by atoms with E-state index < -0.39 is 0 Å². The maximum Gasteiger partial charge on any atom is 0.254 e. The Morgan fingerprint density at radius 3 is 2.68 bits per heavy atom. The van der Waals surface area contributed by atoms with Crippen LogP contribution in [0.25, 0.3) is 0 Å². The highest BCUT2D eigenvalue weighted by Gasteiger charge is 2.29. The van der Waals surface area contributed by atoms with Gasteiger partial charge in [-0.3, -0.25) is 4.79 Å². The molecule has 1 unspecified atom stereocenters. The summed E-state index contributed by atoms with van der Waals surface area (Å²) in [6, 6.07) is 6.10. The van der Waals surface area contributed by atoms with Crippen molar-refractivity contribution in [3.63, 3.8) is 0 Å². The third-order valence-electron chi connectivity index (χ3n) is 3.59. The van der Waals surface area contributed by atoms with E-state index in [0.29, 0.717) is 16.6 Å². The highest BCUT2D eigenvalue weighted by molar-refractivity contribution is 6.34. The van der Waals surface area contributed by atoms with Crippen LogP contribution in [0.4, 0.5) is 5.69 Å². The summed E-state index contributed by atoms with van der Waals surface area (Å²) < 4.78 is 0. The number of benzene rings is 1. The van der Waals surface area contributed by atoms with Crippen LogP contribution < -0.4 is 5.32 Å². The number of nitrogens with zero attached hydrogens (tertiary/aromatic N) is 1. The van der Waals surface area contributed by atoms with Crippen LogP contribution in [0, 0.1) is 5.92 Å². The van der Waals surface area contributed by atoms with Gasteiger partial charge in [-0.2, -0.15) is 0 Å². The Morgan fingerprint density at radius 2 is 2.16 bits per heavy atom. The molecule has 1 N–H and O–H groups in total. The Morgan fingerprint density at radius 1 is 1.47 bits per heavy atom. The van der Waals surface area contributed by atoms with E-state index in [1.54, 1.807) is 25.1 Å². The van der Waals surface area contributed by atoms with Crippen LogP contribution in [-0.4, -0.2) is 30.9 Å². The van der Waals surface area contributed by atoms with E-state index in [0.717, 1.165) is 18.0 Å². The second kappa shape index (κ2) is 5.83. The van der Waals surface area contributed by atoms with E-state index in [1.807, 2.05) is 12.1 Å². The third kappa shape index (κ3) is 3.41. The quantitative estimate of drug-likeness (QED) is 0.893. The summed E-state index contributed by atoms with van der Waals surface area (Å²) >= 11 is 6.11. The van der Waals surface area contributed by atoms with E-state index >= 15 is 0 Å². The van der Waals surface area contributed by atoms with Crippen molar-refractivity contribution < 1.29 is 4.79 Å². The zero-order valence-electron chi connectivity index (χ0n) is 11.7. The van der Waals surface area contributed by atoms with Gasteiger partial charge >= 0.3 is 0 Å². The van der Waals surface area contributed by atoms with Gasteiger partial charge < -0.3 is 10.2 Å². The molecule has 1 aliphatic carbocycles. The number of nitrogens with one attached hydrogen (secondary N) is 1. The Bertz CT molecular complexity index is 469. The van der Waals surface area contributed by atoms with Crippen molar-refractivity contribution in [3.05, 3.63) is 28.8 Å². The molecule has 19 heavy (non-hydrogen) atoms. The lowest BCUT2D eigenvalue weighted by molar-refractivity contribution is 0.0828. The van der Waals surface area contributed by atoms with E-state index in [9.17, 15) is 4.79 Å². The molecule has 4 heteroatoms. The zero-order chi connectivity index (χ0) is 14.0. The third-order valence-corrected chi connectivity index (χ3v) is 3.92. The smallest absolute Gasteiger partial charge is 0.254 e. The van der Waals surface area contributed by atoms with Gasteiger partial charge in [-0.1, -0.05) is 18.5 Å². The van der Waals surface area contributed by atoms with Crippen molar-refractivity contribution in [2.45, 2.75) is 32.2 Å². The molecule has 1 aromatic rings. The van der Waals surface area contributed by atoms with Gasteiger partial charge in [0, 0.05) is 25.8 Å². The van der Waals surface area contributed by atoms with Crippen LogP contribution in [0.15, 0.2) is 18.2 Å². The van der Waals surface area contributed by atoms with Gasteiger partial charge in [0.05, 0.1) is 10.6 Å². The molecule has 1 atom stereocenters. The monoisotopic (exact) mass is 280 g/mol. The average molecular weight is 281 g/mol. The van der Waals surface area contributed by atoms with Crippen LogP contribution in [0.1, 0.15) is 36.5 Å². The molecule has 104 valence electrons. The van der Waals surface area contributed by atoms with Crippen molar-refractivity contribution >= 4 is 23.2 Å². The van der Waals surface area contributed by atoms with Gasteiger partial charge in [-0.25, -0.2) is 0 Å². The summed E-state index contributed by atoms with van der Waals surface area (Å²) in [7, 11) is 3.47. The highest BCUT2D eigenvalue weighted by atomic mass is 35.5. The largest absolute Gasteiger partial charge is 0.382 e. The molecule has 0 spiro atoms. The Hall–Kier alpha value is -1.22. The molecule has 3 nitrogen and oxygen atoms in total. The minimum atomic E-state index is -0.0619. The summed E-state index contributed by atoms with van der Waals surface area (Å²) in [5.41, 5.74) is 1.54. The van der Waals surface area contributed by atoms with E-state index in [-0.39, 0.29) is 5.91 Å². The lowest BCUT2D eigenvalue weighted by Crippen LogP contribution is -2.23. The maximum atomic E-state index is 12.0. The number of carbonyl (C=O) groups excluding carboxylic acids is 1. The molecule has 2 rings (SSSR count). The first-order valence-electron chi connectivity index (χ1n) is 6.80. The second-order valence-corrected chi connectivity index (χ2v) is 5.80. The molecule has 0 aliphatic heterocycles. The maximum absolute atomic E-state index is 12.0.